The number of hydrogen-bond donors (Lipinski definition) is 0. The van der Waals surface area contributed by atoms with Gasteiger partial charge in [0.15, 0.2) is 0 Å². The molecule has 1 atom stereocenters. The Morgan fingerprint density at radius 1 is 1.05 bits per heavy atom. The molecule has 0 saturated heterocycles. The first-order valence-corrected chi connectivity index (χ1v) is 7.53. The molecule has 0 aromatic heterocycles. The molecular weight excluding hydrogens is 302 g/mol. The predicted octanol–water partition coefficient (Wildman–Crippen LogP) is 1.23. The number of methoxy groups -OCH3 is 1. The number of ether oxygens (including phenoxy) is 1. The second-order valence-corrected chi connectivity index (χ2v) is 5.82. The number of benzene rings is 2. The number of hydrogen-bond acceptors (Lipinski definition) is 3. The zero-order chi connectivity index (χ0) is 15.5. The van der Waals surface area contributed by atoms with E-state index in [-0.39, 0.29) is 5.96 Å². The molecule has 22 heavy (non-hydrogen) atoms. The van der Waals surface area contributed by atoms with Crippen molar-refractivity contribution in [2.45, 2.75) is 9.79 Å². The van der Waals surface area contributed by atoms with E-state index < -0.39 is 16.9 Å². The third-order valence-electron chi connectivity index (χ3n) is 2.93. The third kappa shape index (κ3) is 2.84. The van der Waals surface area contributed by atoms with Gasteiger partial charge in [0.2, 0.25) is 0 Å². The van der Waals surface area contributed by atoms with Crippen LogP contribution in [-0.2, 0) is 15.5 Å². The second-order valence-electron chi connectivity index (χ2n) is 4.34. The highest BCUT2D eigenvalue weighted by atomic mass is 32.2. The Morgan fingerprint density at radius 2 is 1.77 bits per heavy atom. The van der Waals surface area contributed by atoms with Gasteiger partial charge >= 0.3 is 6.09 Å². The van der Waals surface area contributed by atoms with E-state index in [1.54, 1.807) is 30.3 Å². The van der Waals surface area contributed by atoms with Gasteiger partial charge in [0.25, 0.3) is 5.96 Å². The summed E-state index contributed by atoms with van der Waals surface area (Å²) in [7, 11) is -0.0642. The topological polar surface area (TPSA) is 80.5 Å². The van der Waals surface area contributed by atoms with Gasteiger partial charge in [-0.2, -0.15) is 0 Å². The van der Waals surface area contributed by atoms with Crippen molar-refractivity contribution in [3.8, 4) is 0 Å². The second kappa shape index (κ2) is 5.98. The van der Waals surface area contributed by atoms with Crippen LogP contribution in [0.15, 0.2) is 73.3 Å². The Labute approximate surface area is 128 Å². The predicted molar refractivity (Wildman–Crippen MR) is 79.7 cm³/mol. The zero-order valence-corrected chi connectivity index (χ0v) is 12.4. The molecule has 2 aromatic carbocycles. The van der Waals surface area contributed by atoms with E-state index in [4.69, 9.17) is 0 Å². The van der Waals surface area contributed by atoms with Gasteiger partial charge in [0.05, 0.1) is 28.6 Å². The molecule has 1 heterocycles. The van der Waals surface area contributed by atoms with Gasteiger partial charge < -0.3 is 4.74 Å². The summed E-state index contributed by atoms with van der Waals surface area (Å²) in [5.74, 6) is 0.0319. The zero-order valence-electron chi connectivity index (χ0n) is 11.6. The van der Waals surface area contributed by atoms with Crippen LogP contribution in [-0.4, -0.2) is 23.4 Å². The van der Waals surface area contributed by atoms with E-state index in [9.17, 15) is 9.00 Å². The molecule has 0 aliphatic carbocycles. The van der Waals surface area contributed by atoms with Gasteiger partial charge in [-0.1, -0.05) is 18.2 Å². The van der Waals surface area contributed by atoms with Crippen LogP contribution >= 0.6 is 0 Å². The number of rotatable bonds is 2. The van der Waals surface area contributed by atoms with Crippen LogP contribution in [0.5, 0.6) is 0 Å². The van der Waals surface area contributed by atoms with Crippen LogP contribution in [0.4, 0.5) is 4.79 Å². The molecule has 110 valence electrons. The molecule has 1 amide bonds. The number of guanidine groups is 1. The van der Waals surface area contributed by atoms with Gasteiger partial charge in [-0.05, 0) is 30.3 Å². The summed E-state index contributed by atoms with van der Waals surface area (Å²) in [4.78, 5) is 24.2. The molecule has 0 radical (unpaired) electrons. The molecule has 1 aliphatic rings. The van der Waals surface area contributed by atoms with Crippen molar-refractivity contribution in [3.05, 3.63) is 59.2 Å². The van der Waals surface area contributed by atoms with Crippen molar-refractivity contribution in [3.63, 3.8) is 0 Å². The van der Waals surface area contributed by atoms with Gasteiger partial charge in [-0.25, -0.2) is 19.0 Å². The fourth-order valence-corrected chi connectivity index (χ4v) is 2.99. The smallest absolute Gasteiger partial charge is 0.436 e. The minimum atomic E-state index is -1.30. The summed E-state index contributed by atoms with van der Waals surface area (Å²) >= 11 is 0. The van der Waals surface area contributed by atoms with Crippen LogP contribution in [0, 0.1) is 0 Å². The summed E-state index contributed by atoms with van der Waals surface area (Å²) in [6.45, 7) is 0. The average Bonchev–Trinajstić information content (AvgIpc) is 2.96. The third-order valence-corrected chi connectivity index (χ3v) is 4.31. The Hall–Kier alpha value is -2.67. The molecule has 6 nitrogen and oxygen atoms in total. The minimum Gasteiger partial charge on any atom is -0.451 e. The fraction of sp³-hybridized carbons (Fsp3) is 0.0667. The maximum absolute atomic E-state index is 12.5. The van der Waals surface area contributed by atoms with Crippen LogP contribution in [0.25, 0.3) is 0 Å². The molecule has 0 unspecified atom stereocenters. The Balaban J connectivity index is 1.99. The number of amides is 1. The fourth-order valence-electron chi connectivity index (χ4n) is 1.90. The molecule has 0 spiro atoms. The van der Waals surface area contributed by atoms with Crippen LogP contribution < -0.4 is 10.7 Å². The molecule has 3 rings (SSSR count). The lowest BCUT2D eigenvalue weighted by atomic mass is 10.3. The van der Waals surface area contributed by atoms with Gasteiger partial charge in [-0.3, -0.25) is 0 Å². The number of carbonyl (C=O) groups is 1. The standard InChI is InChI=1S/C15H11N3O3S/c1-21-15(19)18-14-16-12-8-7-11(9-13(12)17-14)22(20)10-5-3-2-4-6-10/h2-9H,1H3/t22-/m0/s1. The number of aliphatic imine (C=N–C) groups is 1. The van der Waals surface area contributed by atoms with Crippen molar-refractivity contribution in [1.82, 2.24) is 0 Å². The molecule has 1 aliphatic heterocycles. The first-order valence-electron chi connectivity index (χ1n) is 6.38. The summed E-state index contributed by atoms with van der Waals surface area (Å²) in [5.41, 5.74) is 0. The quantitative estimate of drug-likeness (QED) is 0.836. The highest BCUT2D eigenvalue weighted by molar-refractivity contribution is 7.85. The van der Waals surface area contributed by atoms with E-state index in [1.807, 2.05) is 18.2 Å². The van der Waals surface area contributed by atoms with Crippen molar-refractivity contribution < 1.29 is 13.7 Å². The maximum Gasteiger partial charge on any atom is 0.436 e. The SMILES string of the molecule is COC(=O)N=C1N=c2ccc([S@@](=O)c3ccccc3)cc2=N1. The van der Waals surface area contributed by atoms with Crippen LogP contribution in [0.1, 0.15) is 0 Å². The van der Waals surface area contributed by atoms with Crippen molar-refractivity contribution in [2.24, 2.45) is 15.0 Å². The Kier molecular flexibility index (Phi) is 3.88. The number of carbonyl (C=O) groups excluding carboxylic acids is 1. The molecular formula is C15H11N3O3S. The summed E-state index contributed by atoms with van der Waals surface area (Å²) < 4.78 is 16.9. The lowest BCUT2D eigenvalue weighted by Crippen LogP contribution is -2.21. The molecule has 0 fully saturated rings. The van der Waals surface area contributed by atoms with Crippen molar-refractivity contribution >= 4 is 22.9 Å². The highest BCUT2D eigenvalue weighted by Crippen LogP contribution is 2.13. The number of nitrogens with zero attached hydrogens (tertiary/aromatic N) is 3. The van der Waals surface area contributed by atoms with E-state index in [0.717, 1.165) is 0 Å². The summed E-state index contributed by atoms with van der Waals surface area (Å²) in [5, 5.41) is 1.11. The van der Waals surface area contributed by atoms with Crippen LogP contribution in [0.3, 0.4) is 0 Å². The molecule has 0 saturated carbocycles. The average molecular weight is 313 g/mol. The molecule has 7 heteroatoms. The molecule has 2 aromatic rings. The lowest BCUT2D eigenvalue weighted by molar-refractivity contribution is 0.182. The van der Waals surface area contributed by atoms with Crippen LogP contribution in [0.2, 0.25) is 0 Å². The Bertz CT molecular complexity index is 907. The molecule has 0 N–H and O–H groups in total. The van der Waals surface area contributed by atoms with E-state index >= 15 is 0 Å². The monoisotopic (exact) mass is 313 g/mol. The Morgan fingerprint density at radius 3 is 2.50 bits per heavy atom. The first kappa shape index (κ1) is 14.3. The van der Waals surface area contributed by atoms with Gasteiger partial charge in [0.1, 0.15) is 0 Å². The summed E-state index contributed by atoms with van der Waals surface area (Å²) in [6.07, 6.45) is -0.761. The molecule has 0 bridgehead atoms. The summed E-state index contributed by atoms with van der Waals surface area (Å²) in [6, 6.07) is 14.2. The largest absolute Gasteiger partial charge is 0.451 e. The van der Waals surface area contributed by atoms with Crippen molar-refractivity contribution in [2.75, 3.05) is 7.11 Å². The number of fused-ring (bicyclic) bond motifs is 1. The first-order chi connectivity index (χ1) is 10.7. The minimum absolute atomic E-state index is 0.0319. The van der Waals surface area contributed by atoms with E-state index in [1.165, 1.54) is 7.11 Å². The van der Waals surface area contributed by atoms with Crippen molar-refractivity contribution in [1.29, 1.82) is 0 Å². The van der Waals surface area contributed by atoms with E-state index in [2.05, 4.69) is 19.7 Å². The van der Waals surface area contributed by atoms with Gasteiger partial charge in [-0.15, -0.1) is 4.99 Å². The maximum atomic E-state index is 12.5. The normalized spacial score (nSPS) is 15.6. The lowest BCUT2D eigenvalue weighted by Gasteiger charge is -2.00. The van der Waals surface area contributed by atoms with E-state index in [0.29, 0.717) is 20.5 Å². The highest BCUT2D eigenvalue weighted by Gasteiger charge is 2.11. The van der Waals surface area contributed by atoms with Gasteiger partial charge in [0, 0.05) is 9.79 Å².